The van der Waals surface area contributed by atoms with Crippen LogP contribution < -0.4 is 5.32 Å². The van der Waals surface area contributed by atoms with Crippen LogP contribution in [0.3, 0.4) is 0 Å². The van der Waals surface area contributed by atoms with E-state index < -0.39 is 10.0 Å². The minimum absolute atomic E-state index is 0.0711. The Balaban J connectivity index is 1.48. The van der Waals surface area contributed by atoms with Gasteiger partial charge in [0.1, 0.15) is 0 Å². The zero-order valence-corrected chi connectivity index (χ0v) is 18.3. The summed E-state index contributed by atoms with van der Waals surface area (Å²) in [7, 11) is -3.50. The molecule has 0 atom stereocenters. The molecule has 1 saturated heterocycles. The van der Waals surface area contributed by atoms with Gasteiger partial charge in [0.15, 0.2) is 5.78 Å². The minimum atomic E-state index is -3.50. The van der Waals surface area contributed by atoms with Crippen LogP contribution in [0.4, 0.5) is 0 Å². The van der Waals surface area contributed by atoms with E-state index in [1.807, 2.05) is 18.2 Å². The summed E-state index contributed by atoms with van der Waals surface area (Å²) in [6.45, 7) is 5.00. The number of nitrogens with one attached hydrogen (secondary N) is 1. The predicted molar refractivity (Wildman–Crippen MR) is 118 cm³/mol. The van der Waals surface area contributed by atoms with Gasteiger partial charge in [-0.15, -0.1) is 0 Å². The third-order valence-electron chi connectivity index (χ3n) is 5.94. The molecule has 1 N–H and O–H groups in total. The normalized spacial score (nSPS) is 21.1. The zero-order chi connectivity index (χ0) is 21.4. The quantitative estimate of drug-likeness (QED) is 0.762. The molecule has 6 heteroatoms. The van der Waals surface area contributed by atoms with E-state index in [9.17, 15) is 13.2 Å². The molecule has 0 aliphatic carbocycles. The van der Waals surface area contributed by atoms with Crippen molar-refractivity contribution in [1.29, 1.82) is 0 Å². The number of nitrogens with zero attached hydrogens (tertiary/aromatic N) is 1. The lowest BCUT2D eigenvalue weighted by molar-refractivity contribution is -0.119. The first-order valence-corrected chi connectivity index (χ1v) is 11.9. The highest BCUT2D eigenvalue weighted by Crippen LogP contribution is 2.31. The molecule has 0 amide bonds. The van der Waals surface area contributed by atoms with E-state index in [1.54, 1.807) is 36.4 Å². The monoisotopic (exact) mass is 424 g/mol. The van der Waals surface area contributed by atoms with E-state index in [4.69, 9.17) is 0 Å². The maximum Gasteiger partial charge on any atom is 0.243 e. The first kappa shape index (κ1) is 20.8. The first-order chi connectivity index (χ1) is 14.3. The molecule has 4 rings (SSSR count). The number of benzene rings is 2. The van der Waals surface area contributed by atoms with Crippen LogP contribution in [0.2, 0.25) is 0 Å². The molecule has 2 aliphatic rings. The van der Waals surface area contributed by atoms with Crippen molar-refractivity contribution < 1.29 is 13.2 Å². The highest BCUT2D eigenvalue weighted by Gasteiger charge is 2.33. The van der Waals surface area contributed by atoms with Gasteiger partial charge in [0.2, 0.25) is 10.0 Å². The van der Waals surface area contributed by atoms with Gasteiger partial charge in [0.05, 0.1) is 4.90 Å². The second kappa shape index (κ2) is 8.00. The maximum absolute atomic E-state index is 13.0. The van der Waals surface area contributed by atoms with Crippen LogP contribution in [0.15, 0.2) is 65.6 Å². The van der Waals surface area contributed by atoms with Crippen LogP contribution in [0.25, 0.3) is 5.70 Å². The molecule has 0 bridgehead atoms. The molecule has 2 aromatic carbocycles. The Hall–Kier alpha value is -2.44. The Morgan fingerprint density at radius 2 is 1.67 bits per heavy atom. The van der Waals surface area contributed by atoms with Crippen LogP contribution in [0, 0.1) is 5.92 Å². The van der Waals surface area contributed by atoms with E-state index in [2.05, 4.69) is 25.2 Å². The van der Waals surface area contributed by atoms with Crippen LogP contribution in [-0.4, -0.2) is 37.1 Å². The number of hydrogen-bond acceptors (Lipinski definition) is 4. The van der Waals surface area contributed by atoms with Crippen LogP contribution in [0.1, 0.15) is 37.8 Å². The summed E-state index contributed by atoms with van der Waals surface area (Å²) in [6.07, 6.45) is 3.72. The van der Waals surface area contributed by atoms with E-state index in [0.29, 0.717) is 30.8 Å². The number of hydrogen-bond donors (Lipinski definition) is 1. The fourth-order valence-corrected chi connectivity index (χ4v) is 5.88. The molecule has 0 radical (unpaired) electrons. The molecule has 5 nitrogen and oxygen atoms in total. The van der Waals surface area contributed by atoms with Crippen molar-refractivity contribution in [3.8, 4) is 0 Å². The van der Waals surface area contributed by atoms with E-state index in [-0.39, 0.29) is 17.2 Å². The maximum atomic E-state index is 13.0. The summed E-state index contributed by atoms with van der Waals surface area (Å²) in [6, 6.07) is 16.7. The Kier molecular flexibility index (Phi) is 5.55. The van der Waals surface area contributed by atoms with Crippen LogP contribution in [-0.2, 0) is 21.2 Å². The van der Waals surface area contributed by atoms with Gasteiger partial charge in [0.25, 0.3) is 0 Å². The number of allylic oxidation sites excluding steroid dienone is 1. The number of carbonyl (C=O) groups is 1. The Morgan fingerprint density at radius 3 is 2.37 bits per heavy atom. The number of piperidine rings is 1. The molecule has 2 heterocycles. The van der Waals surface area contributed by atoms with E-state index in [0.717, 1.165) is 17.7 Å². The highest BCUT2D eigenvalue weighted by atomic mass is 32.2. The van der Waals surface area contributed by atoms with Crippen molar-refractivity contribution in [3.63, 3.8) is 0 Å². The summed E-state index contributed by atoms with van der Waals surface area (Å²) < 4.78 is 27.1. The first-order valence-electron chi connectivity index (χ1n) is 10.4. The van der Waals surface area contributed by atoms with Gasteiger partial charge in [-0.2, -0.15) is 4.31 Å². The van der Waals surface area contributed by atoms with Gasteiger partial charge in [-0.3, -0.25) is 4.79 Å². The van der Waals surface area contributed by atoms with Gasteiger partial charge < -0.3 is 5.32 Å². The molecule has 0 saturated carbocycles. The summed E-state index contributed by atoms with van der Waals surface area (Å²) in [5.74, 6) is -0.0829. The fourth-order valence-electron chi connectivity index (χ4n) is 4.39. The average Bonchev–Trinajstić information content (AvgIpc) is 2.73. The number of ketones is 1. The van der Waals surface area contributed by atoms with E-state index in [1.165, 1.54) is 9.87 Å². The Bertz CT molecular complexity index is 1070. The van der Waals surface area contributed by atoms with Crippen molar-refractivity contribution in [2.24, 2.45) is 5.92 Å². The lowest BCUT2D eigenvalue weighted by Gasteiger charge is -2.36. The lowest BCUT2D eigenvalue weighted by Crippen LogP contribution is -2.44. The topological polar surface area (TPSA) is 66.5 Å². The van der Waals surface area contributed by atoms with Crippen molar-refractivity contribution >= 4 is 21.5 Å². The van der Waals surface area contributed by atoms with Crippen molar-refractivity contribution in [1.82, 2.24) is 9.62 Å². The predicted octanol–water partition coefficient (Wildman–Crippen LogP) is 3.62. The van der Waals surface area contributed by atoms with Crippen molar-refractivity contribution in [2.75, 3.05) is 13.1 Å². The van der Waals surface area contributed by atoms with Gasteiger partial charge in [0, 0.05) is 41.9 Å². The zero-order valence-electron chi connectivity index (χ0n) is 17.5. The third-order valence-corrected chi connectivity index (χ3v) is 7.85. The summed E-state index contributed by atoms with van der Waals surface area (Å²) >= 11 is 0. The molecule has 0 spiro atoms. The van der Waals surface area contributed by atoms with Gasteiger partial charge in [-0.1, -0.05) is 42.5 Å². The summed E-state index contributed by atoms with van der Waals surface area (Å²) in [5.41, 5.74) is 3.07. The Labute approximate surface area is 178 Å². The second-order valence-corrected chi connectivity index (χ2v) is 10.7. The fraction of sp³-hybridized carbons (Fsp3) is 0.375. The SMILES string of the molecule is CC1(C)Cc2ccccc2C(=CC(=O)C2CCN(S(=O)(=O)c3ccccc3)CC2)N1. The average molecular weight is 425 g/mol. The molecule has 158 valence electrons. The molecule has 1 fully saturated rings. The standard InChI is InChI=1S/C24H28N2O3S/c1-24(2)17-19-8-6-7-11-21(19)22(25-24)16-23(27)18-12-14-26(15-13-18)30(28,29)20-9-4-3-5-10-20/h3-11,16,18,25H,12-15,17H2,1-2H3. The van der Waals surface area contributed by atoms with Gasteiger partial charge in [-0.05, 0) is 50.8 Å². The number of sulfonamides is 1. The smallest absolute Gasteiger partial charge is 0.243 e. The van der Waals surface area contributed by atoms with E-state index >= 15 is 0 Å². The van der Waals surface area contributed by atoms with Crippen molar-refractivity contribution in [3.05, 3.63) is 71.8 Å². The lowest BCUT2D eigenvalue weighted by atomic mass is 9.84. The number of rotatable bonds is 4. The van der Waals surface area contributed by atoms with Crippen LogP contribution >= 0.6 is 0 Å². The van der Waals surface area contributed by atoms with Crippen molar-refractivity contribution in [2.45, 2.75) is 43.5 Å². The molecule has 0 unspecified atom stereocenters. The van der Waals surface area contributed by atoms with Gasteiger partial charge >= 0.3 is 0 Å². The molecular formula is C24H28N2O3S. The molecule has 30 heavy (non-hydrogen) atoms. The molecule has 2 aromatic rings. The molecule has 0 aromatic heterocycles. The largest absolute Gasteiger partial charge is 0.379 e. The van der Waals surface area contributed by atoms with Crippen LogP contribution in [0.5, 0.6) is 0 Å². The summed E-state index contributed by atoms with van der Waals surface area (Å²) in [5, 5.41) is 3.51. The molecular weight excluding hydrogens is 396 g/mol. The number of carbonyl (C=O) groups excluding carboxylic acids is 1. The Morgan fingerprint density at radius 1 is 1.03 bits per heavy atom. The highest BCUT2D eigenvalue weighted by molar-refractivity contribution is 7.89. The minimum Gasteiger partial charge on any atom is -0.379 e. The second-order valence-electron chi connectivity index (χ2n) is 8.79. The third kappa shape index (κ3) is 4.20. The number of fused-ring (bicyclic) bond motifs is 1. The van der Waals surface area contributed by atoms with Gasteiger partial charge in [-0.25, -0.2) is 8.42 Å². The summed E-state index contributed by atoms with van der Waals surface area (Å²) in [4.78, 5) is 13.3. The molecule has 2 aliphatic heterocycles.